The number of urea groups is 1. The van der Waals surface area contributed by atoms with Crippen molar-refractivity contribution in [3.8, 4) is 5.75 Å². The van der Waals surface area contributed by atoms with Crippen LogP contribution in [0.4, 0.5) is 13.6 Å². The fourth-order valence-electron chi connectivity index (χ4n) is 3.64. The van der Waals surface area contributed by atoms with Crippen LogP contribution in [-0.2, 0) is 11.2 Å². The first-order valence-corrected chi connectivity index (χ1v) is 9.35. The number of amides is 3. The van der Waals surface area contributed by atoms with Gasteiger partial charge in [-0.25, -0.2) is 9.69 Å². The van der Waals surface area contributed by atoms with Crippen LogP contribution in [0.5, 0.6) is 5.75 Å². The Balaban J connectivity index is 1.57. The van der Waals surface area contributed by atoms with E-state index in [1.807, 2.05) is 4.90 Å². The Morgan fingerprint density at radius 1 is 1.32 bits per heavy atom. The number of alkyl halides is 2. The number of piperidine rings is 1. The second-order valence-corrected chi connectivity index (χ2v) is 7.53. The Morgan fingerprint density at radius 2 is 2.04 bits per heavy atom. The highest BCUT2D eigenvalue weighted by atomic mass is 19.3. The Morgan fingerprint density at radius 3 is 2.68 bits per heavy atom. The second kappa shape index (κ2) is 8.40. The van der Waals surface area contributed by atoms with Crippen LogP contribution >= 0.6 is 0 Å². The molecule has 0 bridgehead atoms. The van der Waals surface area contributed by atoms with Crippen LogP contribution in [0.3, 0.4) is 0 Å². The Bertz CT molecular complexity index is 716. The molecule has 2 heterocycles. The third-order valence-corrected chi connectivity index (χ3v) is 5.23. The first-order chi connectivity index (χ1) is 13.3. The molecule has 2 saturated heterocycles. The molecule has 28 heavy (non-hydrogen) atoms. The van der Waals surface area contributed by atoms with Crippen molar-refractivity contribution >= 4 is 11.9 Å². The van der Waals surface area contributed by atoms with Crippen molar-refractivity contribution in [3.05, 3.63) is 29.8 Å². The maximum atomic E-state index is 12.8. The number of hydrogen-bond acceptors (Lipinski definition) is 5. The number of nitrogens with one attached hydrogen (secondary N) is 1. The minimum atomic E-state index is -2.87. The number of nitrogens with zero attached hydrogens (tertiary/aromatic N) is 2. The number of β-amino-alcohol motifs (C(OH)–C–C–N with tert-alkyl or cyclic N) is 1. The zero-order chi connectivity index (χ0) is 20.3. The summed E-state index contributed by atoms with van der Waals surface area (Å²) in [6, 6.07) is 5.79. The van der Waals surface area contributed by atoms with Gasteiger partial charge < -0.3 is 15.2 Å². The first-order valence-electron chi connectivity index (χ1n) is 9.35. The summed E-state index contributed by atoms with van der Waals surface area (Å²) >= 11 is 0. The summed E-state index contributed by atoms with van der Waals surface area (Å²) in [6.45, 7) is 0.158. The highest BCUT2D eigenvalue weighted by Gasteiger charge is 2.47. The van der Waals surface area contributed by atoms with Crippen molar-refractivity contribution < 1.29 is 28.2 Å². The lowest BCUT2D eigenvalue weighted by Gasteiger charge is -2.32. The second-order valence-electron chi connectivity index (χ2n) is 7.53. The fourth-order valence-corrected chi connectivity index (χ4v) is 3.64. The van der Waals surface area contributed by atoms with E-state index in [4.69, 9.17) is 0 Å². The third-order valence-electron chi connectivity index (χ3n) is 5.23. The van der Waals surface area contributed by atoms with E-state index < -0.39 is 24.3 Å². The molecule has 0 unspecified atom stereocenters. The lowest BCUT2D eigenvalue weighted by Crippen LogP contribution is -2.48. The highest BCUT2D eigenvalue weighted by molar-refractivity contribution is 6.06. The van der Waals surface area contributed by atoms with E-state index in [-0.39, 0.29) is 18.3 Å². The summed E-state index contributed by atoms with van der Waals surface area (Å²) in [5, 5.41) is 12.5. The topological polar surface area (TPSA) is 82.1 Å². The van der Waals surface area contributed by atoms with Crippen LogP contribution in [0, 0.1) is 0 Å². The summed E-state index contributed by atoms with van der Waals surface area (Å²) in [7, 11) is 0. The number of rotatable bonds is 7. The van der Waals surface area contributed by atoms with Gasteiger partial charge in [0.05, 0.1) is 12.8 Å². The number of benzene rings is 1. The van der Waals surface area contributed by atoms with Gasteiger partial charge >= 0.3 is 12.6 Å². The number of likely N-dealkylation sites (tertiary alicyclic amines) is 1. The largest absolute Gasteiger partial charge is 0.435 e. The smallest absolute Gasteiger partial charge is 0.387 e. The number of halogens is 2. The van der Waals surface area contributed by atoms with Gasteiger partial charge in [0.25, 0.3) is 5.91 Å². The quantitative estimate of drug-likeness (QED) is 0.688. The molecule has 0 spiro atoms. The normalized spacial score (nSPS) is 26.0. The van der Waals surface area contributed by atoms with E-state index in [2.05, 4.69) is 10.1 Å². The maximum Gasteiger partial charge on any atom is 0.387 e. The van der Waals surface area contributed by atoms with Crippen molar-refractivity contribution in [2.75, 3.05) is 19.8 Å². The SMILES string of the molecule is C[C@]1(CCc2ccc(OC(F)F)cc2)NC(=O)N(CN2CCC[C@H](O)C2)C1=O. The van der Waals surface area contributed by atoms with Crippen LogP contribution in [0.15, 0.2) is 24.3 Å². The Kier molecular flexibility index (Phi) is 6.14. The molecule has 0 saturated carbocycles. The summed E-state index contributed by atoms with van der Waals surface area (Å²) in [5.74, 6) is -0.222. The van der Waals surface area contributed by atoms with Gasteiger partial charge in [-0.1, -0.05) is 12.1 Å². The molecular formula is C19H25F2N3O4. The molecule has 0 radical (unpaired) electrons. The molecule has 2 atom stereocenters. The molecule has 2 N–H and O–H groups in total. The number of ether oxygens (including phenoxy) is 1. The van der Waals surface area contributed by atoms with Crippen LogP contribution in [0.1, 0.15) is 31.7 Å². The van der Waals surface area contributed by atoms with E-state index in [9.17, 15) is 23.5 Å². The molecule has 9 heteroatoms. The summed E-state index contributed by atoms with van der Waals surface area (Å²) in [4.78, 5) is 28.3. The van der Waals surface area contributed by atoms with E-state index >= 15 is 0 Å². The van der Waals surface area contributed by atoms with Crippen LogP contribution in [-0.4, -0.2) is 64.9 Å². The fraction of sp³-hybridized carbons (Fsp3) is 0.579. The minimum Gasteiger partial charge on any atom is -0.435 e. The average Bonchev–Trinajstić information content (AvgIpc) is 2.84. The number of aliphatic hydroxyl groups excluding tert-OH is 1. The number of carbonyl (C=O) groups is 2. The van der Waals surface area contributed by atoms with E-state index in [1.165, 1.54) is 17.0 Å². The number of carbonyl (C=O) groups excluding carboxylic acids is 2. The first kappa shape index (κ1) is 20.5. The molecule has 2 aliphatic heterocycles. The van der Waals surface area contributed by atoms with Gasteiger partial charge in [0.1, 0.15) is 11.3 Å². The number of aliphatic hydroxyl groups is 1. The molecule has 0 aromatic heterocycles. The molecule has 154 valence electrons. The van der Waals surface area contributed by atoms with Gasteiger partial charge in [0.15, 0.2) is 0 Å². The third kappa shape index (κ3) is 4.77. The summed E-state index contributed by atoms with van der Waals surface area (Å²) in [6.07, 6.45) is 2.00. The summed E-state index contributed by atoms with van der Waals surface area (Å²) < 4.78 is 28.7. The van der Waals surface area contributed by atoms with Gasteiger partial charge in [-0.05, 0) is 50.3 Å². The average molecular weight is 397 g/mol. The van der Waals surface area contributed by atoms with Crippen molar-refractivity contribution in [1.29, 1.82) is 0 Å². The molecular weight excluding hydrogens is 372 g/mol. The zero-order valence-corrected chi connectivity index (χ0v) is 15.7. The summed E-state index contributed by atoms with van der Waals surface area (Å²) in [5.41, 5.74) is -0.175. The van der Waals surface area contributed by atoms with E-state index in [1.54, 1.807) is 19.1 Å². The van der Waals surface area contributed by atoms with Crippen molar-refractivity contribution in [2.45, 2.75) is 50.9 Å². The molecule has 1 aromatic rings. The minimum absolute atomic E-state index is 0.0742. The molecule has 1 aromatic carbocycles. The van der Waals surface area contributed by atoms with E-state index in [0.717, 1.165) is 24.9 Å². The van der Waals surface area contributed by atoms with Gasteiger partial charge in [0, 0.05) is 13.1 Å². The van der Waals surface area contributed by atoms with Crippen molar-refractivity contribution in [1.82, 2.24) is 15.1 Å². The standard InChI is InChI=1S/C19H25F2N3O4/c1-19(9-8-13-4-6-15(7-5-13)28-17(20)21)16(26)24(18(27)22-19)12-23-10-2-3-14(25)11-23/h4-7,14,17,25H,2-3,8-12H2,1H3,(H,22,27)/t14-,19+/m0/s1. The van der Waals surface area contributed by atoms with Crippen LogP contribution in [0.25, 0.3) is 0 Å². The lowest BCUT2D eigenvalue weighted by atomic mass is 9.93. The molecule has 7 nitrogen and oxygen atoms in total. The zero-order valence-electron chi connectivity index (χ0n) is 15.7. The number of imide groups is 1. The predicted octanol–water partition coefficient (Wildman–Crippen LogP) is 1.95. The Labute approximate surface area is 162 Å². The molecule has 3 rings (SSSR count). The van der Waals surface area contributed by atoms with Crippen molar-refractivity contribution in [3.63, 3.8) is 0 Å². The van der Waals surface area contributed by atoms with Gasteiger partial charge in [-0.3, -0.25) is 9.69 Å². The lowest BCUT2D eigenvalue weighted by molar-refractivity contribution is -0.133. The number of hydrogen-bond donors (Lipinski definition) is 2. The number of aryl methyl sites for hydroxylation is 1. The Hall–Kier alpha value is -2.26. The highest BCUT2D eigenvalue weighted by Crippen LogP contribution is 2.25. The predicted molar refractivity (Wildman–Crippen MR) is 96.9 cm³/mol. The monoisotopic (exact) mass is 397 g/mol. The van der Waals surface area contributed by atoms with Gasteiger partial charge in [0.2, 0.25) is 0 Å². The molecule has 2 aliphatic rings. The van der Waals surface area contributed by atoms with Crippen LogP contribution in [0.2, 0.25) is 0 Å². The molecule has 2 fully saturated rings. The molecule has 0 aliphatic carbocycles. The van der Waals surface area contributed by atoms with Crippen molar-refractivity contribution in [2.24, 2.45) is 0 Å². The maximum absolute atomic E-state index is 12.8. The van der Waals surface area contributed by atoms with Gasteiger partial charge in [-0.15, -0.1) is 0 Å². The van der Waals surface area contributed by atoms with Crippen LogP contribution < -0.4 is 10.1 Å². The van der Waals surface area contributed by atoms with E-state index in [0.29, 0.717) is 19.4 Å². The van der Waals surface area contributed by atoms with Gasteiger partial charge in [-0.2, -0.15) is 8.78 Å². The molecule has 3 amide bonds.